The third-order valence-electron chi connectivity index (χ3n) is 3.23. The highest BCUT2D eigenvalue weighted by atomic mass is 16.5. The summed E-state index contributed by atoms with van der Waals surface area (Å²) in [6.45, 7) is 2.76. The summed E-state index contributed by atoms with van der Waals surface area (Å²) in [6, 6.07) is 13.3. The summed E-state index contributed by atoms with van der Waals surface area (Å²) in [7, 11) is 0. The van der Waals surface area contributed by atoms with Crippen molar-refractivity contribution in [1.82, 2.24) is 10.3 Å². The largest absolute Gasteiger partial charge is 0.445 e. The van der Waals surface area contributed by atoms with E-state index >= 15 is 0 Å². The second kappa shape index (κ2) is 8.58. The number of hydrogen-bond acceptors (Lipinski definition) is 4. The molecule has 0 saturated carbocycles. The standard InChI is InChI=1S/C18H21N3O2/c1-14-10-11-17(19)21-16(14)9-5-6-12-20-18(22)23-13-15-7-3-2-4-8-15/h2-5,7-11H,6,12-13H2,1H3,(H2,19,21)(H,20,22). The van der Waals surface area contributed by atoms with Crippen LogP contribution in [0.25, 0.3) is 6.08 Å². The summed E-state index contributed by atoms with van der Waals surface area (Å²) in [5.74, 6) is 0.498. The van der Waals surface area contributed by atoms with E-state index in [1.165, 1.54) is 0 Å². The number of aromatic nitrogens is 1. The Morgan fingerprint density at radius 3 is 2.83 bits per heavy atom. The first-order valence-corrected chi connectivity index (χ1v) is 7.49. The first-order chi connectivity index (χ1) is 11.1. The molecular formula is C18H21N3O2. The Bertz CT molecular complexity index is 669. The molecule has 1 aromatic carbocycles. The minimum Gasteiger partial charge on any atom is -0.445 e. The van der Waals surface area contributed by atoms with Gasteiger partial charge >= 0.3 is 6.09 Å². The molecule has 0 aliphatic carbocycles. The maximum absolute atomic E-state index is 11.6. The van der Waals surface area contributed by atoms with Crippen LogP contribution >= 0.6 is 0 Å². The number of aryl methyl sites for hydroxylation is 1. The molecule has 0 spiro atoms. The zero-order valence-electron chi connectivity index (χ0n) is 13.2. The van der Waals surface area contributed by atoms with E-state index in [4.69, 9.17) is 10.5 Å². The molecule has 5 heteroatoms. The number of ether oxygens (including phenoxy) is 1. The molecule has 1 heterocycles. The molecule has 0 aliphatic rings. The highest BCUT2D eigenvalue weighted by Crippen LogP contribution is 2.09. The van der Waals surface area contributed by atoms with E-state index < -0.39 is 6.09 Å². The molecule has 2 rings (SSSR count). The van der Waals surface area contributed by atoms with Crippen LogP contribution in [-0.2, 0) is 11.3 Å². The summed E-state index contributed by atoms with van der Waals surface area (Å²) < 4.78 is 5.12. The summed E-state index contributed by atoms with van der Waals surface area (Å²) in [6.07, 6.45) is 4.13. The number of hydrogen-bond donors (Lipinski definition) is 2. The number of rotatable bonds is 6. The van der Waals surface area contributed by atoms with Crippen molar-refractivity contribution in [2.45, 2.75) is 20.0 Å². The van der Waals surface area contributed by atoms with Crippen molar-refractivity contribution in [2.24, 2.45) is 0 Å². The molecule has 0 unspecified atom stereocenters. The van der Waals surface area contributed by atoms with Crippen molar-refractivity contribution in [3.8, 4) is 0 Å². The van der Waals surface area contributed by atoms with Crippen LogP contribution < -0.4 is 11.1 Å². The van der Waals surface area contributed by atoms with Gasteiger partial charge in [0.2, 0.25) is 0 Å². The van der Waals surface area contributed by atoms with E-state index in [2.05, 4.69) is 10.3 Å². The highest BCUT2D eigenvalue weighted by molar-refractivity contribution is 5.67. The third kappa shape index (κ3) is 5.82. The number of benzene rings is 1. The van der Waals surface area contributed by atoms with Crippen LogP contribution in [0.4, 0.5) is 10.6 Å². The Hall–Kier alpha value is -2.82. The summed E-state index contributed by atoms with van der Waals surface area (Å²) >= 11 is 0. The first-order valence-electron chi connectivity index (χ1n) is 7.49. The van der Waals surface area contributed by atoms with Gasteiger partial charge in [0.15, 0.2) is 0 Å². The van der Waals surface area contributed by atoms with Crippen LogP contribution in [0, 0.1) is 6.92 Å². The van der Waals surface area contributed by atoms with Crippen molar-refractivity contribution in [3.05, 3.63) is 65.4 Å². The normalized spacial score (nSPS) is 10.7. The minimum atomic E-state index is -0.416. The molecule has 0 atom stereocenters. The van der Waals surface area contributed by atoms with Crippen LogP contribution in [0.1, 0.15) is 23.2 Å². The number of amides is 1. The number of carbonyl (C=O) groups is 1. The molecule has 0 aliphatic heterocycles. The Labute approximate surface area is 136 Å². The van der Waals surface area contributed by atoms with Crippen molar-refractivity contribution < 1.29 is 9.53 Å². The molecule has 0 saturated heterocycles. The number of nitrogens with two attached hydrogens (primary N) is 1. The topological polar surface area (TPSA) is 77.2 Å². The Kier molecular flexibility index (Phi) is 6.17. The number of nitrogen functional groups attached to an aromatic ring is 1. The van der Waals surface area contributed by atoms with E-state index in [0.29, 0.717) is 18.8 Å². The lowest BCUT2D eigenvalue weighted by Crippen LogP contribution is -2.24. The number of pyridine rings is 1. The highest BCUT2D eigenvalue weighted by Gasteiger charge is 2.01. The predicted octanol–water partition coefficient (Wildman–Crippen LogP) is 3.30. The van der Waals surface area contributed by atoms with E-state index in [9.17, 15) is 4.79 Å². The van der Waals surface area contributed by atoms with Crippen molar-refractivity contribution in [2.75, 3.05) is 12.3 Å². The summed E-state index contributed by atoms with van der Waals surface area (Å²) in [5.41, 5.74) is 8.53. The maximum atomic E-state index is 11.6. The van der Waals surface area contributed by atoms with E-state index in [0.717, 1.165) is 16.8 Å². The molecule has 3 N–H and O–H groups in total. The van der Waals surface area contributed by atoms with Crippen LogP contribution in [-0.4, -0.2) is 17.6 Å². The predicted molar refractivity (Wildman–Crippen MR) is 91.7 cm³/mol. The number of anilines is 1. The smallest absolute Gasteiger partial charge is 0.407 e. The number of nitrogens with one attached hydrogen (secondary N) is 1. The van der Waals surface area contributed by atoms with Crippen LogP contribution in [0.2, 0.25) is 0 Å². The lowest BCUT2D eigenvalue weighted by molar-refractivity contribution is 0.140. The lowest BCUT2D eigenvalue weighted by Gasteiger charge is -2.06. The molecule has 2 aromatic rings. The number of alkyl carbamates (subject to hydrolysis) is 1. The van der Waals surface area contributed by atoms with Gasteiger partial charge in [0.1, 0.15) is 12.4 Å². The number of nitrogens with zero attached hydrogens (tertiary/aromatic N) is 1. The van der Waals surface area contributed by atoms with Gasteiger partial charge in [0, 0.05) is 6.54 Å². The van der Waals surface area contributed by atoms with Crippen molar-refractivity contribution >= 4 is 18.0 Å². The molecule has 23 heavy (non-hydrogen) atoms. The van der Waals surface area contributed by atoms with Crippen LogP contribution in [0.3, 0.4) is 0 Å². The van der Waals surface area contributed by atoms with Gasteiger partial charge in [0.05, 0.1) is 5.69 Å². The first kappa shape index (κ1) is 16.5. The van der Waals surface area contributed by atoms with Gasteiger partial charge in [-0.1, -0.05) is 42.5 Å². The van der Waals surface area contributed by atoms with E-state index in [1.807, 2.05) is 55.5 Å². The Morgan fingerprint density at radius 2 is 2.04 bits per heavy atom. The average Bonchev–Trinajstić information content (AvgIpc) is 2.56. The fourth-order valence-corrected chi connectivity index (χ4v) is 1.96. The third-order valence-corrected chi connectivity index (χ3v) is 3.23. The van der Waals surface area contributed by atoms with Crippen molar-refractivity contribution in [3.63, 3.8) is 0 Å². The van der Waals surface area contributed by atoms with Gasteiger partial charge in [-0.25, -0.2) is 9.78 Å². The molecule has 0 fully saturated rings. The summed E-state index contributed by atoms with van der Waals surface area (Å²) in [5, 5.41) is 2.71. The fraction of sp³-hybridized carbons (Fsp3) is 0.222. The minimum absolute atomic E-state index is 0.273. The van der Waals surface area contributed by atoms with Gasteiger partial charge in [-0.2, -0.15) is 0 Å². The van der Waals surface area contributed by atoms with E-state index in [-0.39, 0.29) is 6.61 Å². The zero-order valence-corrected chi connectivity index (χ0v) is 13.2. The van der Waals surface area contributed by atoms with Gasteiger partial charge in [-0.15, -0.1) is 0 Å². The molecule has 0 bridgehead atoms. The van der Waals surface area contributed by atoms with Crippen LogP contribution in [0.5, 0.6) is 0 Å². The zero-order chi connectivity index (χ0) is 16.5. The average molecular weight is 311 g/mol. The van der Waals surface area contributed by atoms with Gasteiger partial charge in [0.25, 0.3) is 0 Å². The van der Waals surface area contributed by atoms with Crippen molar-refractivity contribution in [1.29, 1.82) is 0 Å². The molecule has 5 nitrogen and oxygen atoms in total. The molecular weight excluding hydrogens is 290 g/mol. The lowest BCUT2D eigenvalue weighted by atomic mass is 10.2. The second-order valence-corrected chi connectivity index (χ2v) is 5.12. The Balaban J connectivity index is 1.67. The second-order valence-electron chi connectivity index (χ2n) is 5.12. The van der Waals surface area contributed by atoms with Crippen LogP contribution in [0.15, 0.2) is 48.5 Å². The van der Waals surface area contributed by atoms with Gasteiger partial charge in [-0.3, -0.25) is 0 Å². The fourth-order valence-electron chi connectivity index (χ4n) is 1.96. The van der Waals surface area contributed by atoms with Gasteiger partial charge < -0.3 is 15.8 Å². The summed E-state index contributed by atoms with van der Waals surface area (Å²) in [4.78, 5) is 15.8. The maximum Gasteiger partial charge on any atom is 0.407 e. The molecule has 1 amide bonds. The molecule has 1 aromatic heterocycles. The SMILES string of the molecule is Cc1ccc(N)nc1C=CCCNC(=O)OCc1ccccc1. The Morgan fingerprint density at radius 1 is 1.26 bits per heavy atom. The van der Waals surface area contributed by atoms with Gasteiger partial charge in [-0.05, 0) is 36.6 Å². The molecule has 120 valence electrons. The quantitative estimate of drug-likeness (QED) is 0.802. The molecule has 0 radical (unpaired) electrons. The van der Waals surface area contributed by atoms with E-state index in [1.54, 1.807) is 6.07 Å². The monoisotopic (exact) mass is 311 g/mol. The number of carbonyl (C=O) groups excluding carboxylic acids is 1.